The van der Waals surface area contributed by atoms with Crippen molar-refractivity contribution in [2.24, 2.45) is 5.10 Å². The van der Waals surface area contributed by atoms with Crippen LogP contribution in [0.25, 0.3) is 17.1 Å². The molecule has 0 radical (unpaired) electrons. The quantitative estimate of drug-likeness (QED) is 0.107. The first-order valence-electron chi connectivity index (χ1n) is 9.82. The van der Waals surface area contributed by atoms with Gasteiger partial charge in [0.1, 0.15) is 5.75 Å². The molecule has 4 rings (SSSR count). The van der Waals surface area contributed by atoms with E-state index in [0.29, 0.717) is 20.1 Å². The summed E-state index contributed by atoms with van der Waals surface area (Å²) >= 11 is 8.94. The Morgan fingerprint density at radius 2 is 1.85 bits per heavy atom. The molecule has 0 saturated heterocycles. The highest BCUT2D eigenvalue weighted by molar-refractivity contribution is 14.1. The number of hydrogen-bond acceptors (Lipinski definition) is 6. The minimum Gasteiger partial charge on any atom is -0.506 e. The highest BCUT2D eigenvalue weighted by Crippen LogP contribution is 2.29. The number of nitrogens with zero attached hydrogens (tertiary/aromatic N) is 4. The van der Waals surface area contributed by atoms with E-state index in [-0.39, 0.29) is 17.4 Å². The molecule has 0 fully saturated rings. The van der Waals surface area contributed by atoms with Crippen LogP contribution in [-0.2, 0) is 4.79 Å². The van der Waals surface area contributed by atoms with Gasteiger partial charge in [-0.2, -0.15) is 5.10 Å². The van der Waals surface area contributed by atoms with Gasteiger partial charge in [0.2, 0.25) is 0 Å². The fraction of sp³-hybridized carbons (Fsp3) is 0.0435. The maximum atomic E-state index is 12.4. The molecular weight excluding hydrogens is 744 g/mol. The highest BCUT2D eigenvalue weighted by atomic mass is 127. The zero-order chi connectivity index (χ0) is 24.1. The van der Waals surface area contributed by atoms with E-state index in [2.05, 4.69) is 81.8 Å². The number of carbonyl (C=O) groups is 1. The van der Waals surface area contributed by atoms with Crippen molar-refractivity contribution in [1.82, 2.24) is 20.2 Å². The van der Waals surface area contributed by atoms with Gasteiger partial charge in [-0.25, -0.2) is 5.43 Å². The fourth-order valence-electron chi connectivity index (χ4n) is 2.98. The standard InChI is InChI=1S/C23H16BrI2N5O2S/c24-16-6-8-18(9-7-16)31-22(14-4-2-1-3-5-14)29-30-23(31)34-13-20(32)28-27-12-15-10-17(25)11-19(26)21(15)33/h1-12,33H,13H2,(H,28,32). The van der Waals surface area contributed by atoms with Crippen LogP contribution in [0.15, 0.2) is 81.5 Å². The molecule has 11 heteroatoms. The summed E-state index contributed by atoms with van der Waals surface area (Å²) in [6, 6.07) is 21.2. The number of hydrogen-bond donors (Lipinski definition) is 2. The molecule has 0 aliphatic carbocycles. The lowest BCUT2D eigenvalue weighted by molar-refractivity contribution is -0.118. The van der Waals surface area contributed by atoms with Crippen LogP contribution in [0.4, 0.5) is 0 Å². The molecule has 0 aliphatic heterocycles. The summed E-state index contributed by atoms with van der Waals surface area (Å²) in [5.74, 6) is 0.612. The van der Waals surface area contributed by atoms with E-state index < -0.39 is 0 Å². The number of thioether (sulfide) groups is 1. The monoisotopic (exact) mass is 759 g/mol. The Bertz CT molecular complexity index is 1350. The molecule has 34 heavy (non-hydrogen) atoms. The van der Waals surface area contributed by atoms with Crippen LogP contribution in [-0.4, -0.2) is 37.7 Å². The Morgan fingerprint density at radius 3 is 2.59 bits per heavy atom. The van der Waals surface area contributed by atoms with Gasteiger partial charge >= 0.3 is 0 Å². The third-order valence-corrected chi connectivity index (χ3v) is 7.44. The van der Waals surface area contributed by atoms with Crippen molar-refractivity contribution in [3.8, 4) is 22.8 Å². The van der Waals surface area contributed by atoms with Gasteiger partial charge in [0.25, 0.3) is 5.91 Å². The number of aromatic nitrogens is 3. The summed E-state index contributed by atoms with van der Waals surface area (Å²) in [6.45, 7) is 0. The predicted molar refractivity (Wildman–Crippen MR) is 154 cm³/mol. The molecule has 0 spiro atoms. The lowest BCUT2D eigenvalue weighted by Gasteiger charge is -2.10. The smallest absolute Gasteiger partial charge is 0.250 e. The lowest BCUT2D eigenvalue weighted by Crippen LogP contribution is -2.20. The first-order chi connectivity index (χ1) is 16.4. The SMILES string of the molecule is O=C(CSc1nnc(-c2ccccc2)n1-c1ccc(Br)cc1)NN=Cc1cc(I)cc(I)c1O. The summed E-state index contributed by atoms with van der Waals surface area (Å²) in [5, 5.41) is 23.4. The molecule has 1 amide bonds. The van der Waals surface area contributed by atoms with Crippen molar-refractivity contribution < 1.29 is 9.90 Å². The largest absolute Gasteiger partial charge is 0.506 e. The number of benzene rings is 3. The van der Waals surface area contributed by atoms with E-state index in [1.807, 2.05) is 65.2 Å². The average molecular weight is 760 g/mol. The van der Waals surface area contributed by atoms with Crippen LogP contribution < -0.4 is 5.43 Å². The first kappa shape index (κ1) is 25.1. The maximum Gasteiger partial charge on any atom is 0.250 e. The summed E-state index contributed by atoms with van der Waals surface area (Å²) < 4.78 is 4.57. The molecule has 1 heterocycles. The normalized spacial score (nSPS) is 11.1. The van der Waals surface area contributed by atoms with Crippen molar-refractivity contribution >= 4 is 85.0 Å². The summed E-state index contributed by atoms with van der Waals surface area (Å²) in [6.07, 6.45) is 1.43. The molecule has 1 aromatic heterocycles. The summed E-state index contributed by atoms with van der Waals surface area (Å²) in [5.41, 5.74) is 4.84. The third kappa shape index (κ3) is 6.17. The molecule has 2 N–H and O–H groups in total. The van der Waals surface area contributed by atoms with Crippen LogP contribution in [0.3, 0.4) is 0 Å². The van der Waals surface area contributed by atoms with Crippen molar-refractivity contribution in [1.29, 1.82) is 0 Å². The molecule has 0 bridgehead atoms. The summed E-state index contributed by atoms with van der Waals surface area (Å²) in [7, 11) is 0. The number of phenols is 1. The second-order valence-corrected chi connectivity index (χ2v) is 11.2. The Hall–Kier alpha value is -1.97. The van der Waals surface area contributed by atoms with E-state index in [9.17, 15) is 9.90 Å². The molecule has 4 aromatic rings. The van der Waals surface area contributed by atoms with E-state index in [0.717, 1.165) is 19.3 Å². The Balaban J connectivity index is 1.50. The molecule has 0 unspecified atom stereocenters. The van der Waals surface area contributed by atoms with Gasteiger partial charge in [-0.3, -0.25) is 9.36 Å². The van der Waals surface area contributed by atoms with Gasteiger partial charge in [-0.1, -0.05) is 58.0 Å². The highest BCUT2D eigenvalue weighted by Gasteiger charge is 2.17. The van der Waals surface area contributed by atoms with Crippen LogP contribution in [0.1, 0.15) is 5.56 Å². The van der Waals surface area contributed by atoms with Gasteiger partial charge in [-0.15, -0.1) is 10.2 Å². The van der Waals surface area contributed by atoms with Crippen LogP contribution in [0.5, 0.6) is 5.75 Å². The average Bonchev–Trinajstić information content (AvgIpc) is 3.26. The number of carbonyl (C=O) groups excluding carboxylic acids is 1. The van der Waals surface area contributed by atoms with Crippen molar-refractivity contribution in [3.05, 3.63) is 83.9 Å². The molecule has 172 valence electrons. The minimum atomic E-state index is -0.298. The topological polar surface area (TPSA) is 92.4 Å². The third-order valence-electron chi connectivity index (χ3n) is 4.53. The Labute approximate surface area is 235 Å². The number of phenolic OH excluding ortho intramolecular Hbond substituents is 1. The number of rotatable bonds is 7. The second-order valence-electron chi connectivity index (χ2n) is 6.89. The second kappa shape index (κ2) is 11.6. The first-order valence-corrected chi connectivity index (χ1v) is 13.8. The van der Waals surface area contributed by atoms with Gasteiger partial charge in [0.05, 0.1) is 15.5 Å². The number of aromatic hydroxyl groups is 1. The number of hydrazone groups is 1. The molecule has 0 saturated carbocycles. The number of halogens is 3. The van der Waals surface area contributed by atoms with Gasteiger partial charge in [0, 0.05) is 24.9 Å². The van der Waals surface area contributed by atoms with Crippen LogP contribution in [0.2, 0.25) is 0 Å². The number of nitrogens with one attached hydrogen (secondary N) is 1. The number of amides is 1. The Morgan fingerprint density at radius 1 is 1.12 bits per heavy atom. The van der Waals surface area contributed by atoms with E-state index in [1.165, 1.54) is 18.0 Å². The van der Waals surface area contributed by atoms with Crippen molar-refractivity contribution in [2.45, 2.75) is 5.16 Å². The van der Waals surface area contributed by atoms with Gasteiger partial charge in [-0.05, 0) is 81.6 Å². The van der Waals surface area contributed by atoms with Crippen LogP contribution in [0, 0.1) is 7.14 Å². The molecular formula is C23H16BrI2N5O2S. The van der Waals surface area contributed by atoms with E-state index in [4.69, 9.17) is 0 Å². The fourth-order valence-corrected chi connectivity index (χ4v) is 5.88. The maximum absolute atomic E-state index is 12.4. The lowest BCUT2D eigenvalue weighted by atomic mass is 10.2. The van der Waals surface area contributed by atoms with E-state index >= 15 is 0 Å². The van der Waals surface area contributed by atoms with Gasteiger partial charge < -0.3 is 5.11 Å². The Kier molecular flexibility index (Phi) is 8.60. The molecule has 3 aromatic carbocycles. The van der Waals surface area contributed by atoms with Gasteiger partial charge in [0.15, 0.2) is 11.0 Å². The van der Waals surface area contributed by atoms with Crippen LogP contribution >= 0.6 is 72.9 Å². The minimum absolute atomic E-state index is 0.0939. The predicted octanol–water partition coefficient (Wildman–Crippen LogP) is 5.85. The zero-order valence-electron chi connectivity index (χ0n) is 17.3. The van der Waals surface area contributed by atoms with Crippen molar-refractivity contribution in [3.63, 3.8) is 0 Å². The zero-order valence-corrected chi connectivity index (χ0v) is 24.0. The molecule has 7 nitrogen and oxygen atoms in total. The van der Waals surface area contributed by atoms with E-state index in [1.54, 1.807) is 6.07 Å². The molecule has 0 atom stereocenters. The molecule has 0 aliphatic rings. The summed E-state index contributed by atoms with van der Waals surface area (Å²) in [4.78, 5) is 12.4. The van der Waals surface area contributed by atoms with Crippen molar-refractivity contribution in [2.75, 3.05) is 5.75 Å².